The summed E-state index contributed by atoms with van der Waals surface area (Å²) in [4.78, 5) is 29.4. The molecule has 1 N–H and O–H groups in total. The molecule has 1 aromatic heterocycles. The fraction of sp³-hybridized carbons (Fsp3) is 0.308. The summed E-state index contributed by atoms with van der Waals surface area (Å²) in [5.74, 6) is -0.540. The highest BCUT2D eigenvalue weighted by Crippen LogP contribution is 2.40. The first kappa shape index (κ1) is 27.2. The fourth-order valence-electron chi connectivity index (χ4n) is 4.90. The number of amides is 2. The van der Waals surface area contributed by atoms with E-state index in [-0.39, 0.29) is 5.69 Å². The molecule has 40 heavy (non-hydrogen) atoms. The Morgan fingerprint density at radius 3 is 2.42 bits per heavy atom. The molecule has 2 aromatic carbocycles. The van der Waals surface area contributed by atoms with Crippen LogP contribution in [0.3, 0.4) is 0 Å². The molecule has 1 saturated carbocycles. The molecule has 10 nitrogen and oxygen atoms in total. The number of sulfone groups is 1. The van der Waals surface area contributed by atoms with Gasteiger partial charge < -0.3 is 5.11 Å². The van der Waals surface area contributed by atoms with E-state index in [1.54, 1.807) is 36.5 Å². The van der Waals surface area contributed by atoms with Crippen molar-refractivity contribution in [3.8, 4) is 23.3 Å². The standard InChI is InChI=1S/C26H22F3N5O5S/c27-26(28,29)20-12-18(32-11-10-31-23(32)16-4-2-1-3-5-16)8-9-22(20)40(38,39)19-13-21(33(14-19)25(36)37)24(35)34(15-30)17-6-7-17/h1-5,8-12,17,19,21H,6-7,13-14H2,(H,36,37)/t19-,21+/m1/s1. The zero-order chi connectivity index (χ0) is 28.8. The number of carboxylic acid groups (broad SMARTS) is 1. The molecule has 1 aliphatic carbocycles. The molecule has 0 unspecified atom stereocenters. The van der Waals surface area contributed by atoms with Crippen LogP contribution in [0.2, 0.25) is 0 Å². The van der Waals surface area contributed by atoms with E-state index in [2.05, 4.69) is 4.98 Å². The van der Waals surface area contributed by atoms with Crippen molar-refractivity contribution in [3.05, 3.63) is 66.5 Å². The topological polar surface area (TPSA) is 137 Å². The number of nitriles is 1. The number of hydrogen-bond acceptors (Lipinski definition) is 6. The molecule has 1 saturated heterocycles. The third-order valence-corrected chi connectivity index (χ3v) is 9.20. The number of aromatic nitrogens is 2. The first-order chi connectivity index (χ1) is 18.9. The monoisotopic (exact) mass is 573 g/mol. The highest BCUT2D eigenvalue weighted by atomic mass is 32.2. The Balaban J connectivity index is 1.52. The van der Waals surface area contributed by atoms with Crippen LogP contribution in [0, 0.1) is 11.5 Å². The fourth-order valence-corrected chi connectivity index (χ4v) is 6.79. The van der Waals surface area contributed by atoms with Crippen molar-refractivity contribution in [2.24, 2.45) is 0 Å². The molecular formula is C26H22F3N5O5S. The van der Waals surface area contributed by atoms with Crippen LogP contribution in [-0.4, -0.2) is 68.8 Å². The van der Waals surface area contributed by atoms with Crippen molar-refractivity contribution in [2.75, 3.05) is 6.54 Å². The van der Waals surface area contributed by atoms with Gasteiger partial charge in [-0.15, -0.1) is 0 Å². The van der Waals surface area contributed by atoms with E-state index in [1.807, 2.05) is 0 Å². The van der Waals surface area contributed by atoms with Gasteiger partial charge in [-0.3, -0.25) is 14.3 Å². The summed E-state index contributed by atoms with van der Waals surface area (Å²) >= 11 is 0. The molecule has 2 aliphatic rings. The molecule has 208 valence electrons. The van der Waals surface area contributed by atoms with Gasteiger partial charge >= 0.3 is 12.3 Å². The van der Waals surface area contributed by atoms with Gasteiger partial charge in [0.15, 0.2) is 16.0 Å². The SMILES string of the molecule is N#CN(C(=O)[C@@H]1C[C@@H](S(=O)(=O)c2ccc(-n3ccnc3-c3ccccc3)cc2C(F)(F)F)CN1C(=O)O)C1CC1. The maximum atomic E-state index is 14.3. The van der Waals surface area contributed by atoms with Gasteiger partial charge in [0.05, 0.1) is 15.7 Å². The summed E-state index contributed by atoms with van der Waals surface area (Å²) in [5.41, 5.74) is -0.778. The molecule has 1 aliphatic heterocycles. The van der Waals surface area contributed by atoms with E-state index < -0.39 is 68.8 Å². The van der Waals surface area contributed by atoms with Crippen LogP contribution in [0.15, 0.2) is 65.8 Å². The van der Waals surface area contributed by atoms with Crippen LogP contribution < -0.4 is 0 Å². The number of nitrogens with zero attached hydrogens (tertiary/aromatic N) is 5. The third-order valence-electron chi connectivity index (χ3n) is 7.02. The van der Waals surface area contributed by atoms with E-state index in [4.69, 9.17) is 0 Å². The maximum Gasteiger partial charge on any atom is 0.417 e. The minimum Gasteiger partial charge on any atom is -0.465 e. The van der Waals surface area contributed by atoms with Gasteiger partial charge in [0, 0.05) is 36.2 Å². The smallest absolute Gasteiger partial charge is 0.417 e. The Bertz CT molecular complexity index is 1610. The van der Waals surface area contributed by atoms with Crippen molar-refractivity contribution in [1.29, 1.82) is 5.26 Å². The molecule has 0 radical (unpaired) electrons. The quantitative estimate of drug-likeness (QED) is 0.349. The summed E-state index contributed by atoms with van der Waals surface area (Å²) < 4.78 is 71.4. The Hall–Kier alpha value is -4.38. The lowest BCUT2D eigenvalue weighted by Gasteiger charge is -2.23. The molecule has 2 fully saturated rings. The van der Waals surface area contributed by atoms with Crippen LogP contribution in [0.1, 0.15) is 24.8 Å². The predicted molar refractivity (Wildman–Crippen MR) is 134 cm³/mol. The number of alkyl halides is 3. The molecule has 0 bridgehead atoms. The first-order valence-corrected chi connectivity index (χ1v) is 13.7. The van der Waals surface area contributed by atoms with Crippen molar-refractivity contribution in [3.63, 3.8) is 0 Å². The second-order valence-electron chi connectivity index (χ2n) is 9.56. The minimum atomic E-state index is -5.07. The van der Waals surface area contributed by atoms with Gasteiger partial charge in [-0.05, 0) is 37.5 Å². The van der Waals surface area contributed by atoms with E-state index in [0.29, 0.717) is 35.2 Å². The number of likely N-dealkylation sites (tertiary alicyclic amines) is 1. The molecule has 14 heteroatoms. The van der Waals surface area contributed by atoms with Gasteiger partial charge in [-0.25, -0.2) is 23.1 Å². The Kier molecular flexibility index (Phi) is 6.79. The van der Waals surface area contributed by atoms with Crippen LogP contribution in [0.25, 0.3) is 17.1 Å². The number of hydrogen-bond donors (Lipinski definition) is 1. The number of carbonyl (C=O) groups is 2. The number of imidazole rings is 1. The molecular weight excluding hydrogens is 551 g/mol. The second kappa shape index (κ2) is 9.98. The normalized spacial score (nSPS) is 19.3. The number of rotatable bonds is 6. The van der Waals surface area contributed by atoms with Crippen LogP contribution in [0.4, 0.5) is 18.0 Å². The summed E-state index contributed by atoms with van der Waals surface area (Å²) in [6.07, 6.45) is -1.60. The van der Waals surface area contributed by atoms with Gasteiger partial charge in [0.2, 0.25) is 0 Å². The lowest BCUT2D eigenvalue weighted by atomic mass is 10.1. The average molecular weight is 574 g/mol. The summed E-state index contributed by atoms with van der Waals surface area (Å²) in [6.45, 7) is -0.712. The van der Waals surface area contributed by atoms with Gasteiger partial charge in [-0.1, -0.05) is 30.3 Å². The largest absolute Gasteiger partial charge is 0.465 e. The molecule has 2 amide bonds. The summed E-state index contributed by atoms with van der Waals surface area (Å²) in [6, 6.07) is 9.57. The van der Waals surface area contributed by atoms with Gasteiger partial charge in [0.1, 0.15) is 11.9 Å². The van der Waals surface area contributed by atoms with E-state index in [0.717, 1.165) is 11.0 Å². The number of benzene rings is 2. The predicted octanol–water partition coefficient (Wildman–Crippen LogP) is 3.92. The molecule has 3 aromatic rings. The molecule has 5 rings (SSSR count). The van der Waals surface area contributed by atoms with E-state index >= 15 is 0 Å². The summed E-state index contributed by atoms with van der Waals surface area (Å²) in [5, 5.41) is 17.4. The highest BCUT2D eigenvalue weighted by Gasteiger charge is 2.50. The third kappa shape index (κ3) is 4.88. The van der Waals surface area contributed by atoms with Gasteiger partial charge in [-0.2, -0.15) is 18.4 Å². The van der Waals surface area contributed by atoms with E-state index in [1.165, 1.54) is 23.0 Å². The van der Waals surface area contributed by atoms with E-state index in [9.17, 15) is 41.5 Å². The Labute approximate surface area is 226 Å². The Morgan fingerprint density at radius 1 is 1.12 bits per heavy atom. The highest BCUT2D eigenvalue weighted by molar-refractivity contribution is 7.92. The summed E-state index contributed by atoms with van der Waals surface area (Å²) in [7, 11) is -4.77. The van der Waals surface area contributed by atoms with Crippen molar-refractivity contribution >= 4 is 21.8 Å². The first-order valence-electron chi connectivity index (χ1n) is 12.2. The number of carbonyl (C=O) groups excluding carboxylic acids is 1. The van der Waals surface area contributed by atoms with Crippen LogP contribution >= 0.6 is 0 Å². The minimum absolute atomic E-state index is 0.0170. The van der Waals surface area contributed by atoms with Crippen LogP contribution in [-0.2, 0) is 20.8 Å². The van der Waals surface area contributed by atoms with Crippen LogP contribution in [0.5, 0.6) is 0 Å². The number of halogens is 3. The van der Waals surface area contributed by atoms with Crippen molar-refractivity contribution in [2.45, 2.75) is 47.7 Å². The molecule has 2 atom stereocenters. The lowest BCUT2D eigenvalue weighted by Crippen LogP contribution is -2.46. The van der Waals surface area contributed by atoms with Crippen molar-refractivity contribution < 1.29 is 36.3 Å². The van der Waals surface area contributed by atoms with Crippen molar-refractivity contribution in [1.82, 2.24) is 19.4 Å². The maximum absolute atomic E-state index is 14.3. The second-order valence-corrected chi connectivity index (χ2v) is 11.8. The molecule has 2 heterocycles. The van der Waals surface area contributed by atoms with Gasteiger partial charge in [0.25, 0.3) is 5.91 Å². The average Bonchev–Trinajstić information content (AvgIpc) is 3.44. The molecule has 0 spiro atoms. The zero-order valence-electron chi connectivity index (χ0n) is 20.7. The zero-order valence-corrected chi connectivity index (χ0v) is 21.5. The lowest BCUT2D eigenvalue weighted by molar-refractivity contribution is -0.140. The Morgan fingerprint density at radius 2 is 1.82 bits per heavy atom.